The molecule has 2 N–H and O–H groups in total. The van der Waals surface area contributed by atoms with Crippen LogP contribution in [-0.4, -0.2) is 21.6 Å². The number of carboxylic acid groups (broad SMARTS) is 1. The average molecular weight is 287 g/mol. The van der Waals surface area contributed by atoms with Gasteiger partial charge in [0.05, 0.1) is 17.7 Å². The first kappa shape index (κ1) is 12.4. The van der Waals surface area contributed by atoms with E-state index < -0.39 is 17.9 Å². The zero-order chi connectivity index (χ0) is 14.3. The van der Waals surface area contributed by atoms with Gasteiger partial charge in [0, 0.05) is 11.9 Å². The molecule has 0 aliphatic carbocycles. The van der Waals surface area contributed by atoms with Crippen LogP contribution in [0, 0.1) is 17.2 Å². The molecular formula is C13H9N3O3S. The molecule has 3 rings (SSSR count). The van der Waals surface area contributed by atoms with Crippen molar-refractivity contribution in [1.82, 2.24) is 9.88 Å². The number of thiophene rings is 1. The zero-order valence-electron chi connectivity index (χ0n) is 10.1. The lowest BCUT2D eigenvalue weighted by molar-refractivity contribution is -0.140. The third-order valence-electron chi connectivity index (χ3n) is 3.23. The topological polar surface area (TPSA) is 95.1 Å². The summed E-state index contributed by atoms with van der Waals surface area (Å²) >= 11 is 1.39. The number of aliphatic carboxylic acids is 1. The smallest absolute Gasteiger partial charge is 0.323 e. The predicted molar refractivity (Wildman–Crippen MR) is 70.6 cm³/mol. The maximum atomic E-state index is 12.2. The van der Waals surface area contributed by atoms with Crippen LogP contribution >= 0.6 is 11.3 Å². The molecule has 7 heteroatoms. The molecule has 2 aromatic heterocycles. The zero-order valence-corrected chi connectivity index (χ0v) is 10.9. The molecule has 0 saturated carbocycles. The van der Waals surface area contributed by atoms with Gasteiger partial charge < -0.3 is 15.0 Å². The van der Waals surface area contributed by atoms with Gasteiger partial charge in [-0.2, -0.15) is 5.26 Å². The van der Waals surface area contributed by atoms with Crippen LogP contribution in [0.5, 0.6) is 0 Å². The van der Waals surface area contributed by atoms with Crippen molar-refractivity contribution in [1.29, 1.82) is 5.26 Å². The number of carbonyl (C=O) groups is 2. The van der Waals surface area contributed by atoms with Crippen LogP contribution < -0.4 is 5.32 Å². The van der Waals surface area contributed by atoms with Crippen molar-refractivity contribution in [3.63, 3.8) is 0 Å². The van der Waals surface area contributed by atoms with Gasteiger partial charge in [-0.1, -0.05) is 0 Å². The minimum atomic E-state index is -1.33. The predicted octanol–water partition coefficient (Wildman–Crippen LogP) is 1.55. The Morgan fingerprint density at radius 1 is 1.55 bits per heavy atom. The summed E-state index contributed by atoms with van der Waals surface area (Å²) < 4.78 is 1.76. The van der Waals surface area contributed by atoms with E-state index in [0.717, 1.165) is 5.00 Å². The van der Waals surface area contributed by atoms with Crippen LogP contribution in [-0.2, 0) is 4.79 Å². The van der Waals surface area contributed by atoms with Crippen LogP contribution in [0.15, 0.2) is 29.8 Å². The van der Waals surface area contributed by atoms with E-state index in [-0.39, 0.29) is 5.91 Å². The van der Waals surface area contributed by atoms with Gasteiger partial charge in [0.15, 0.2) is 5.92 Å². The normalized spacial score (nSPS) is 18.1. The molecule has 1 aliphatic heterocycles. The van der Waals surface area contributed by atoms with Crippen molar-refractivity contribution in [3.8, 4) is 11.1 Å². The number of hydrogen-bond donors (Lipinski definition) is 2. The standard InChI is InChI=1S/C13H9N3O3S/c14-6-8(13(18)19)10-9-2-1-4-16(9)12-7(3-5-20-12)11(17)15-10/h1-5,8,10H,(H,15,17)(H,18,19). The molecule has 6 nitrogen and oxygen atoms in total. The van der Waals surface area contributed by atoms with Gasteiger partial charge in [0.25, 0.3) is 5.91 Å². The highest BCUT2D eigenvalue weighted by atomic mass is 32.1. The van der Waals surface area contributed by atoms with Crippen LogP contribution in [0.4, 0.5) is 0 Å². The molecular weight excluding hydrogens is 278 g/mol. The van der Waals surface area contributed by atoms with Crippen molar-refractivity contribution < 1.29 is 14.7 Å². The van der Waals surface area contributed by atoms with Crippen molar-refractivity contribution in [3.05, 3.63) is 41.0 Å². The highest BCUT2D eigenvalue weighted by Gasteiger charge is 2.36. The largest absolute Gasteiger partial charge is 0.480 e. The quantitative estimate of drug-likeness (QED) is 0.876. The van der Waals surface area contributed by atoms with Gasteiger partial charge in [-0.3, -0.25) is 9.59 Å². The lowest BCUT2D eigenvalue weighted by Crippen LogP contribution is -2.35. The molecule has 0 radical (unpaired) electrons. The van der Waals surface area contributed by atoms with E-state index in [0.29, 0.717) is 11.3 Å². The second-order valence-corrected chi connectivity index (χ2v) is 5.23. The minimum absolute atomic E-state index is 0.364. The van der Waals surface area contributed by atoms with Crippen molar-refractivity contribution in [2.24, 2.45) is 5.92 Å². The summed E-state index contributed by atoms with van der Waals surface area (Å²) in [4.78, 5) is 23.4. The fourth-order valence-electron chi connectivity index (χ4n) is 2.31. The Hall–Kier alpha value is -2.59. The Balaban J connectivity index is 2.18. The van der Waals surface area contributed by atoms with Gasteiger partial charge in [-0.25, -0.2) is 0 Å². The molecule has 0 bridgehead atoms. The molecule has 1 amide bonds. The van der Waals surface area contributed by atoms with Crippen molar-refractivity contribution in [2.45, 2.75) is 6.04 Å². The van der Waals surface area contributed by atoms with Gasteiger partial charge in [0.1, 0.15) is 5.00 Å². The highest BCUT2D eigenvalue weighted by Crippen LogP contribution is 2.33. The first-order valence-electron chi connectivity index (χ1n) is 5.82. The lowest BCUT2D eigenvalue weighted by Gasteiger charge is -2.19. The first-order valence-corrected chi connectivity index (χ1v) is 6.70. The number of aromatic nitrogens is 1. The van der Waals surface area contributed by atoms with Crippen LogP contribution in [0.1, 0.15) is 22.1 Å². The van der Waals surface area contributed by atoms with E-state index in [1.807, 2.05) is 0 Å². The van der Waals surface area contributed by atoms with Crippen LogP contribution in [0.3, 0.4) is 0 Å². The number of nitrogens with one attached hydrogen (secondary N) is 1. The summed E-state index contributed by atoms with van der Waals surface area (Å²) in [7, 11) is 0. The molecule has 20 heavy (non-hydrogen) atoms. The molecule has 0 aromatic carbocycles. The fraction of sp³-hybridized carbons (Fsp3) is 0.154. The number of rotatable bonds is 2. The van der Waals surface area contributed by atoms with Gasteiger partial charge >= 0.3 is 5.97 Å². The van der Waals surface area contributed by atoms with E-state index in [1.165, 1.54) is 11.3 Å². The van der Waals surface area contributed by atoms with Crippen LogP contribution in [0.25, 0.3) is 5.00 Å². The maximum absolute atomic E-state index is 12.2. The van der Waals surface area contributed by atoms with E-state index in [9.17, 15) is 9.59 Å². The van der Waals surface area contributed by atoms with Crippen molar-refractivity contribution in [2.75, 3.05) is 0 Å². The molecule has 1 aliphatic rings. The molecule has 0 saturated heterocycles. The maximum Gasteiger partial charge on any atom is 0.323 e. The van der Waals surface area contributed by atoms with E-state index in [1.54, 1.807) is 40.4 Å². The summed E-state index contributed by atoms with van der Waals surface area (Å²) in [5.41, 5.74) is 1.07. The summed E-state index contributed by atoms with van der Waals surface area (Å²) in [6.07, 6.45) is 1.76. The monoisotopic (exact) mass is 287 g/mol. The number of carbonyl (C=O) groups excluding carboxylic acids is 1. The average Bonchev–Trinajstić information content (AvgIpc) is 3.04. The summed E-state index contributed by atoms with van der Waals surface area (Å²) in [5.74, 6) is -2.95. The SMILES string of the molecule is N#CC(C(=O)O)C1NC(=O)c2ccsc2-n2cccc21. The Kier molecular flexibility index (Phi) is 2.80. The number of nitrogens with zero attached hydrogens (tertiary/aromatic N) is 2. The van der Waals surface area contributed by atoms with E-state index in [2.05, 4.69) is 5.32 Å². The first-order chi connectivity index (χ1) is 9.63. The third-order valence-corrected chi connectivity index (χ3v) is 4.14. The van der Waals surface area contributed by atoms with Gasteiger partial charge in [-0.05, 0) is 23.6 Å². The minimum Gasteiger partial charge on any atom is -0.480 e. The highest BCUT2D eigenvalue weighted by molar-refractivity contribution is 7.13. The van der Waals surface area contributed by atoms with Crippen molar-refractivity contribution >= 4 is 23.2 Å². The molecule has 0 spiro atoms. The molecule has 100 valence electrons. The van der Waals surface area contributed by atoms with E-state index >= 15 is 0 Å². The summed E-state index contributed by atoms with van der Waals surface area (Å²) in [6.45, 7) is 0. The molecule has 0 fully saturated rings. The Labute approximate surface area is 117 Å². The number of carboxylic acids is 1. The van der Waals surface area contributed by atoms with Crippen LogP contribution in [0.2, 0.25) is 0 Å². The number of fused-ring (bicyclic) bond motifs is 3. The third kappa shape index (κ3) is 1.70. The Bertz CT molecular complexity index is 740. The number of nitriles is 1. The molecule has 2 aromatic rings. The molecule has 2 unspecified atom stereocenters. The molecule has 3 heterocycles. The number of amides is 1. The second kappa shape index (κ2) is 4.51. The Morgan fingerprint density at radius 2 is 2.35 bits per heavy atom. The van der Waals surface area contributed by atoms with Gasteiger partial charge in [0.2, 0.25) is 0 Å². The van der Waals surface area contributed by atoms with E-state index in [4.69, 9.17) is 10.4 Å². The summed E-state index contributed by atoms with van der Waals surface area (Å²) in [5, 5.41) is 23.4. The fourth-order valence-corrected chi connectivity index (χ4v) is 3.21. The lowest BCUT2D eigenvalue weighted by atomic mass is 9.98. The molecule has 2 atom stereocenters. The second-order valence-electron chi connectivity index (χ2n) is 4.34. The Morgan fingerprint density at radius 3 is 3.05 bits per heavy atom. The number of hydrogen-bond acceptors (Lipinski definition) is 4. The van der Waals surface area contributed by atoms with Gasteiger partial charge in [-0.15, -0.1) is 11.3 Å². The summed E-state index contributed by atoms with van der Waals surface area (Å²) in [6, 6.07) is 6.03.